The third-order valence-corrected chi connectivity index (χ3v) is 7.57. The number of methoxy groups -OCH3 is 1. The van der Waals surface area contributed by atoms with Crippen LogP contribution in [0, 0.1) is 12.3 Å². The van der Waals surface area contributed by atoms with Crippen LogP contribution in [0.2, 0.25) is 0 Å². The van der Waals surface area contributed by atoms with Crippen molar-refractivity contribution in [3.63, 3.8) is 0 Å². The summed E-state index contributed by atoms with van der Waals surface area (Å²) in [6.07, 6.45) is 5.34. The van der Waals surface area contributed by atoms with Crippen LogP contribution in [0.1, 0.15) is 59.8 Å². The van der Waals surface area contributed by atoms with E-state index in [1.54, 1.807) is 21.2 Å². The summed E-state index contributed by atoms with van der Waals surface area (Å²) >= 11 is 1.43. The molecule has 1 amide bonds. The number of anilines is 3. The Morgan fingerprint density at radius 2 is 1.89 bits per heavy atom. The van der Waals surface area contributed by atoms with Gasteiger partial charge in [0.05, 0.1) is 23.8 Å². The molecule has 1 aliphatic carbocycles. The normalized spacial score (nSPS) is 15.7. The molecule has 186 valence electrons. The van der Waals surface area contributed by atoms with Crippen molar-refractivity contribution in [3.05, 3.63) is 49.1 Å². The topological polar surface area (TPSA) is 134 Å². The summed E-state index contributed by atoms with van der Waals surface area (Å²) in [5.41, 5.74) is -0.754. The number of rotatable bonds is 8. The van der Waals surface area contributed by atoms with Crippen molar-refractivity contribution in [3.8, 4) is 10.8 Å². The van der Waals surface area contributed by atoms with E-state index in [9.17, 15) is 19.5 Å². The van der Waals surface area contributed by atoms with E-state index in [1.165, 1.54) is 28.5 Å². The molecule has 3 aromatic rings. The first-order chi connectivity index (χ1) is 16.6. The molecule has 0 saturated heterocycles. The fourth-order valence-corrected chi connectivity index (χ4v) is 5.41. The molecule has 2 heterocycles. The maximum absolute atomic E-state index is 12.7. The van der Waals surface area contributed by atoms with Crippen molar-refractivity contribution < 1.29 is 14.6 Å². The molecule has 1 saturated carbocycles. The Kier molecular flexibility index (Phi) is 6.54. The number of carbonyl (C=O) groups is 1. The fourth-order valence-electron chi connectivity index (χ4n) is 4.65. The second-order valence-electron chi connectivity index (χ2n) is 9.34. The quantitative estimate of drug-likeness (QED) is 0.399. The summed E-state index contributed by atoms with van der Waals surface area (Å²) in [6.45, 7) is 4.05. The van der Waals surface area contributed by atoms with Gasteiger partial charge >= 0.3 is 0 Å². The molecule has 2 aromatic heterocycles. The van der Waals surface area contributed by atoms with Crippen molar-refractivity contribution in [2.75, 3.05) is 31.8 Å². The number of nitrogens with one attached hydrogen (secondary N) is 2. The molecule has 0 spiro atoms. The number of aromatic nitrogens is 2. The van der Waals surface area contributed by atoms with Gasteiger partial charge in [-0.1, -0.05) is 31.1 Å². The summed E-state index contributed by atoms with van der Waals surface area (Å²) in [5, 5.41) is 18.3. The standard InChI is InChI=1S/C24H29N5O5S/c1-12-26-17(23(34-5)35-12)21(24(2)9-6-7-10-24)28-15-14(19(31)20(15)32)27-13-8-11-25-16(18(13)30)22(33)29(3)4/h8,11,21,28,30H,6-7,9-10H2,1-5H3,(H,25,27)/t21-/m0/s1. The van der Waals surface area contributed by atoms with Crippen molar-refractivity contribution in [1.82, 2.24) is 14.9 Å². The zero-order chi connectivity index (χ0) is 25.5. The lowest BCUT2D eigenvalue weighted by Gasteiger charge is -2.35. The number of pyridine rings is 1. The number of amides is 1. The van der Waals surface area contributed by atoms with Gasteiger partial charge in [0.15, 0.2) is 16.5 Å². The molecule has 0 radical (unpaired) electrons. The third-order valence-electron chi connectivity index (χ3n) is 6.62. The average Bonchev–Trinajstić information content (AvgIpc) is 3.44. The van der Waals surface area contributed by atoms with E-state index in [0.717, 1.165) is 30.7 Å². The number of ether oxygens (including phenoxy) is 1. The largest absolute Gasteiger partial charge is 0.504 e. The lowest BCUT2D eigenvalue weighted by molar-refractivity contribution is 0.0819. The van der Waals surface area contributed by atoms with Crippen LogP contribution in [0.4, 0.5) is 17.1 Å². The monoisotopic (exact) mass is 499 g/mol. The molecule has 3 N–H and O–H groups in total. The first-order valence-electron chi connectivity index (χ1n) is 11.3. The molecule has 1 aliphatic rings. The highest BCUT2D eigenvalue weighted by Crippen LogP contribution is 2.51. The number of nitrogens with zero attached hydrogens (tertiary/aromatic N) is 3. The highest BCUT2D eigenvalue weighted by molar-refractivity contribution is 7.13. The summed E-state index contributed by atoms with van der Waals surface area (Å²) in [5.74, 6) is -0.893. The zero-order valence-corrected chi connectivity index (χ0v) is 21.2. The van der Waals surface area contributed by atoms with Gasteiger partial charge in [-0.05, 0) is 31.2 Å². The number of thiazole rings is 1. The minimum absolute atomic E-state index is 0.0252. The average molecular weight is 500 g/mol. The van der Waals surface area contributed by atoms with Crippen molar-refractivity contribution in [1.29, 1.82) is 0 Å². The molecular formula is C24H29N5O5S. The van der Waals surface area contributed by atoms with E-state index in [4.69, 9.17) is 9.72 Å². The molecule has 0 aliphatic heterocycles. The first-order valence-corrected chi connectivity index (χ1v) is 12.2. The summed E-state index contributed by atoms with van der Waals surface area (Å²) in [7, 11) is 4.68. The van der Waals surface area contributed by atoms with Gasteiger partial charge in [0, 0.05) is 20.3 Å². The van der Waals surface area contributed by atoms with E-state index in [0.29, 0.717) is 10.8 Å². The molecule has 1 aromatic carbocycles. The zero-order valence-electron chi connectivity index (χ0n) is 20.4. The van der Waals surface area contributed by atoms with Crippen LogP contribution in [0.25, 0.3) is 0 Å². The molecule has 35 heavy (non-hydrogen) atoms. The lowest BCUT2D eigenvalue weighted by Crippen LogP contribution is -2.40. The van der Waals surface area contributed by atoms with Crippen LogP contribution in [-0.2, 0) is 0 Å². The molecule has 1 atom stereocenters. The van der Waals surface area contributed by atoms with Gasteiger partial charge in [-0.15, -0.1) is 0 Å². The van der Waals surface area contributed by atoms with E-state index in [2.05, 4.69) is 22.5 Å². The van der Waals surface area contributed by atoms with E-state index < -0.39 is 22.5 Å². The van der Waals surface area contributed by atoms with Crippen LogP contribution < -0.4 is 26.2 Å². The highest BCUT2D eigenvalue weighted by Gasteiger charge is 2.42. The van der Waals surface area contributed by atoms with Gasteiger partial charge in [0.25, 0.3) is 16.8 Å². The first kappa shape index (κ1) is 24.6. The predicted octanol–water partition coefficient (Wildman–Crippen LogP) is 3.34. The maximum atomic E-state index is 12.7. The maximum Gasteiger partial charge on any atom is 0.275 e. The van der Waals surface area contributed by atoms with Crippen LogP contribution in [0.3, 0.4) is 0 Å². The Balaban J connectivity index is 1.72. The van der Waals surface area contributed by atoms with Crippen LogP contribution >= 0.6 is 11.3 Å². The molecule has 0 bridgehead atoms. The third kappa shape index (κ3) is 4.36. The minimum Gasteiger partial charge on any atom is -0.504 e. The Bertz CT molecular complexity index is 1330. The van der Waals surface area contributed by atoms with Gasteiger partial charge in [-0.3, -0.25) is 14.4 Å². The van der Waals surface area contributed by atoms with Crippen LogP contribution in [0.15, 0.2) is 21.9 Å². The highest BCUT2D eigenvalue weighted by atomic mass is 32.1. The second-order valence-corrected chi connectivity index (χ2v) is 10.5. The number of aryl methyl sites for hydroxylation is 1. The molecule has 0 unspecified atom stereocenters. The van der Waals surface area contributed by atoms with Gasteiger partial charge in [-0.25, -0.2) is 9.97 Å². The van der Waals surface area contributed by atoms with Crippen LogP contribution in [0.5, 0.6) is 10.8 Å². The smallest absolute Gasteiger partial charge is 0.275 e. The molecule has 1 fully saturated rings. The Labute approximate surface area is 206 Å². The number of hydrogen-bond acceptors (Lipinski definition) is 10. The van der Waals surface area contributed by atoms with Gasteiger partial charge in [0.1, 0.15) is 17.1 Å². The number of aromatic hydroxyl groups is 1. The second kappa shape index (κ2) is 9.29. The molecule has 10 nitrogen and oxygen atoms in total. The van der Waals surface area contributed by atoms with Crippen molar-refractivity contribution >= 4 is 34.3 Å². The molecule has 11 heteroatoms. The van der Waals surface area contributed by atoms with Crippen LogP contribution in [-0.4, -0.2) is 47.1 Å². The van der Waals surface area contributed by atoms with Crippen molar-refractivity contribution in [2.45, 2.75) is 45.6 Å². The Hall–Kier alpha value is -3.47. The lowest BCUT2D eigenvalue weighted by atomic mass is 9.78. The summed E-state index contributed by atoms with van der Waals surface area (Å²) < 4.78 is 5.58. The Morgan fingerprint density at radius 1 is 1.23 bits per heavy atom. The van der Waals surface area contributed by atoms with E-state index in [-0.39, 0.29) is 34.2 Å². The number of hydrogen-bond donors (Lipinski definition) is 3. The van der Waals surface area contributed by atoms with Gasteiger partial charge in [-0.2, -0.15) is 0 Å². The molecular weight excluding hydrogens is 470 g/mol. The SMILES string of the molecule is COc1sc(C)nc1[C@H](Nc1c(Nc2ccnc(C(=O)N(C)C)c2O)c(=O)c1=O)C1(C)CCCC1. The predicted molar refractivity (Wildman–Crippen MR) is 135 cm³/mol. The summed E-state index contributed by atoms with van der Waals surface area (Å²) in [6, 6.07) is 1.08. The van der Waals surface area contributed by atoms with E-state index in [1.807, 2.05) is 6.92 Å². The molecule has 4 rings (SSSR count). The van der Waals surface area contributed by atoms with Crippen molar-refractivity contribution in [2.24, 2.45) is 5.41 Å². The number of carbonyl (C=O) groups excluding carboxylic acids is 1. The van der Waals surface area contributed by atoms with Gasteiger partial charge < -0.3 is 25.4 Å². The fraction of sp³-hybridized carbons (Fsp3) is 0.458. The van der Waals surface area contributed by atoms with Gasteiger partial charge in [0.2, 0.25) is 0 Å². The summed E-state index contributed by atoms with van der Waals surface area (Å²) in [4.78, 5) is 47.5. The Morgan fingerprint density at radius 3 is 2.51 bits per heavy atom. The van der Waals surface area contributed by atoms with E-state index >= 15 is 0 Å². The minimum atomic E-state index is -0.707.